The molecule has 2 heterocycles. The highest BCUT2D eigenvalue weighted by atomic mass is 16.2. The van der Waals surface area contributed by atoms with Gasteiger partial charge < -0.3 is 15.1 Å². The van der Waals surface area contributed by atoms with Crippen molar-refractivity contribution < 1.29 is 9.59 Å². The van der Waals surface area contributed by atoms with E-state index in [9.17, 15) is 9.59 Å². The van der Waals surface area contributed by atoms with Gasteiger partial charge in [-0.2, -0.15) is 0 Å². The van der Waals surface area contributed by atoms with Gasteiger partial charge in [-0.1, -0.05) is 38.7 Å². The summed E-state index contributed by atoms with van der Waals surface area (Å²) in [6.45, 7) is 7.10. The highest BCUT2D eigenvalue weighted by Gasteiger charge is 2.49. The SMILES string of the molecule is C=CCN=C1NC2C(C(=O)NC(=O)N2C)N1CCCCCCC. The third kappa shape index (κ3) is 3.83. The fourth-order valence-electron chi connectivity index (χ4n) is 3.00. The number of nitrogens with one attached hydrogen (secondary N) is 2. The summed E-state index contributed by atoms with van der Waals surface area (Å²) >= 11 is 0. The normalized spacial score (nSPS) is 25.4. The van der Waals surface area contributed by atoms with Crippen LogP contribution in [0.3, 0.4) is 0 Å². The summed E-state index contributed by atoms with van der Waals surface area (Å²) < 4.78 is 0. The van der Waals surface area contributed by atoms with Gasteiger partial charge in [-0.3, -0.25) is 10.1 Å². The van der Waals surface area contributed by atoms with Crippen molar-refractivity contribution in [1.82, 2.24) is 20.4 Å². The number of carbonyl (C=O) groups is 2. The van der Waals surface area contributed by atoms with Gasteiger partial charge in [0.15, 0.2) is 12.0 Å². The van der Waals surface area contributed by atoms with Crippen LogP contribution in [0.5, 0.6) is 0 Å². The van der Waals surface area contributed by atoms with Gasteiger partial charge in [0.2, 0.25) is 0 Å². The number of hydrogen-bond donors (Lipinski definition) is 2. The minimum atomic E-state index is -0.424. The van der Waals surface area contributed by atoms with Crippen LogP contribution in [0, 0.1) is 0 Å². The van der Waals surface area contributed by atoms with Crippen LogP contribution in [0.15, 0.2) is 17.6 Å². The van der Waals surface area contributed by atoms with E-state index >= 15 is 0 Å². The maximum atomic E-state index is 12.3. The molecular weight excluding hydrogens is 294 g/mol. The molecule has 7 heteroatoms. The Labute approximate surface area is 137 Å². The molecule has 0 aliphatic carbocycles. The Kier molecular flexibility index (Phi) is 6.01. The molecule has 128 valence electrons. The quantitative estimate of drug-likeness (QED) is 0.521. The number of likely N-dealkylation sites (N-methyl/N-ethyl adjacent to an activating group) is 1. The van der Waals surface area contributed by atoms with Crippen LogP contribution >= 0.6 is 0 Å². The van der Waals surface area contributed by atoms with Gasteiger partial charge in [-0.05, 0) is 6.42 Å². The van der Waals surface area contributed by atoms with Crippen LogP contribution in [-0.2, 0) is 4.79 Å². The molecule has 2 unspecified atom stereocenters. The second kappa shape index (κ2) is 7.99. The molecule has 2 atom stereocenters. The van der Waals surface area contributed by atoms with Crippen molar-refractivity contribution in [3.8, 4) is 0 Å². The molecule has 0 aromatic rings. The van der Waals surface area contributed by atoms with E-state index < -0.39 is 6.04 Å². The minimum Gasteiger partial charge on any atom is -0.333 e. The van der Waals surface area contributed by atoms with Crippen LogP contribution in [0.4, 0.5) is 4.79 Å². The number of imide groups is 1. The number of urea groups is 1. The predicted molar refractivity (Wildman–Crippen MR) is 90.0 cm³/mol. The maximum absolute atomic E-state index is 12.3. The summed E-state index contributed by atoms with van der Waals surface area (Å²) in [7, 11) is 1.68. The van der Waals surface area contributed by atoms with Crippen LogP contribution in [0.2, 0.25) is 0 Å². The number of aliphatic imine (C=N–C) groups is 1. The molecule has 2 rings (SSSR count). The van der Waals surface area contributed by atoms with E-state index in [1.807, 2.05) is 4.90 Å². The Morgan fingerprint density at radius 3 is 2.70 bits per heavy atom. The molecule has 2 saturated heterocycles. The molecule has 0 saturated carbocycles. The standard InChI is InChI=1S/C16H27N5O2/c1-4-6-7-8-9-11-21-12-13(18-15(21)17-10-5-2)20(3)16(23)19-14(12)22/h5,12-13H,2,4,6-11H2,1,3H3,(H,17,18)(H,19,22,23). The van der Waals surface area contributed by atoms with Gasteiger partial charge in [0.25, 0.3) is 5.91 Å². The third-order valence-electron chi connectivity index (χ3n) is 4.29. The topological polar surface area (TPSA) is 77.0 Å². The van der Waals surface area contributed by atoms with Gasteiger partial charge >= 0.3 is 6.03 Å². The molecule has 0 radical (unpaired) electrons. The lowest BCUT2D eigenvalue weighted by Crippen LogP contribution is -2.64. The second-order valence-corrected chi connectivity index (χ2v) is 6.00. The molecule has 0 aromatic carbocycles. The summed E-state index contributed by atoms with van der Waals surface area (Å²) in [6.07, 6.45) is 7.13. The van der Waals surface area contributed by atoms with Crippen LogP contribution in [0.1, 0.15) is 39.0 Å². The first-order valence-electron chi connectivity index (χ1n) is 8.36. The third-order valence-corrected chi connectivity index (χ3v) is 4.29. The van der Waals surface area contributed by atoms with E-state index in [1.54, 1.807) is 13.1 Å². The molecule has 2 aliphatic heterocycles. The first kappa shape index (κ1) is 17.3. The summed E-state index contributed by atoms with van der Waals surface area (Å²) in [6, 6.07) is -0.802. The molecule has 2 N–H and O–H groups in total. The Bertz CT molecular complexity index is 491. The van der Waals surface area contributed by atoms with Crippen LogP contribution < -0.4 is 10.6 Å². The number of rotatable bonds is 8. The summed E-state index contributed by atoms with van der Waals surface area (Å²) in [5.41, 5.74) is 0. The second-order valence-electron chi connectivity index (χ2n) is 6.00. The van der Waals surface area contributed by atoms with E-state index in [1.165, 1.54) is 24.2 Å². The van der Waals surface area contributed by atoms with E-state index in [0.29, 0.717) is 12.5 Å². The van der Waals surface area contributed by atoms with Crippen molar-refractivity contribution in [2.45, 2.75) is 51.2 Å². The lowest BCUT2D eigenvalue weighted by molar-refractivity contribution is -0.127. The fourth-order valence-corrected chi connectivity index (χ4v) is 3.00. The van der Waals surface area contributed by atoms with E-state index in [-0.39, 0.29) is 18.1 Å². The van der Waals surface area contributed by atoms with Gasteiger partial charge in [-0.15, -0.1) is 6.58 Å². The van der Waals surface area contributed by atoms with E-state index in [2.05, 4.69) is 29.1 Å². The Balaban J connectivity index is 2.08. The maximum Gasteiger partial charge on any atom is 0.325 e. The summed E-state index contributed by atoms with van der Waals surface area (Å²) in [5.74, 6) is 0.412. The van der Waals surface area contributed by atoms with Gasteiger partial charge in [0.05, 0.1) is 6.54 Å². The largest absolute Gasteiger partial charge is 0.333 e. The Morgan fingerprint density at radius 2 is 2.00 bits per heavy atom. The fraction of sp³-hybridized carbons (Fsp3) is 0.688. The number of nitrogens with zero attached hydrogens (tertiary/aromatic N) is 3. The molecule has 3 amide bonds. The lowest BCUT2D eigenvalue weighted by atomic mass is 10.1. The zero-order valence-electron chi connectivity index (χ0n) is 14.0. The van der Waals surface area contributed by atoms with E-state index in [4.69, 9.17) is 0 Å². The smallest absolute Gasteiger partial charge is 0.325 e. The van der Waals surface area contributed by atoms with Crippen molar-refractivity contribution in [3.05, 3.63) is 12.7 Å². The van der Waals surface area contributed by atoms with Crippen molar-refractivity contribution in [3.63, 3.8) is 0 Å². The average Bonchev–Trinajstić information content (AvgIpc) is 2.90. The Morgan fingerprint density at radius 1 is 1.26 bits per heavy atom. The van der Waals surface area contributed by atoms with Gasteiger partial charge in [-0.25, -0.2) is 9.79 Å². The molecule has 0 aromatic heterocycles. The van der Waals surface area contributed by atoms with Crippen molar-refractivity contribution in [1.29, 1.82) is 0 Å². The minimum absolute atomic E-state index is 0.261. The van der Waals surface area contributed by atoms with Crippen LogP contribution in [0.25, 0.3) is 0 Å². The summed E-state index contributed by atoms with van der Waals surface area (Å²) in [4.78, 5) is 32.0. The van der Waals surface area contributed by atoms with E-state index in [0.717, 1.165) is 19.4 Å². The molecule has 2 fully saturated rings. The predicted octanol–water partition coefficient (Wildman–Crippen LogP) is 1.28. The summed E-state index contributed by atoms with van der Waals surface area (Å²) in [5, 5.41) is 5.62. The molecule has 23 heavy (non-hydrogen) atoms. The number of hydrogen-bond acceptors (Lipinski definition) is 3. The van der Waals surface area contributed by atoms with Crippen molar-refractivity contribution in [2.24, 2.45) is 4.99 Å². The van der Waals surface area contributed by atoms with Crippen LogP contribution in [-0.4, -0.2) is 60.0 Å². The van der Waals surface area contributed by atoms with Crippen molar-refractivity contribution in [2.75, 3.05) is 20.1 Å². The van der Waals surface area contributed by atoms with Crippen molar-refractivity contribution >= 4 is 17.9 Å². The number of amides is 3. The van der Waals surface area contributed by atoms with Gasteiger partial charge in [0, 0.05) is 13.6 Å². The molecule has 7 nitrogen and oxygen atoms in total. The first-order valence-corrected chi connectivity index (χ1v) is 8.36. The lowest BCUT2D eigenvalue weighted by Gasteiger charge is -2.35. The number of fused-ring (bicyclic) bond motifs is 1. The molecule has 0 spiro atoms. The zero-order valence-corrected chi connectivity index (χ0v) is 14.0. The first-order chi connectivity index (χ1) is 11.1. The number of unbranched alkanes of at least 4 members (excludes halogenated alkanes) is 4. The number of carbonyl (C=O) groups excluding carboxylic acids is 2. The van der Waals surface area contributed by atoms with Gasteiger partial charge in [0.1, 0.15) is 6.17 Å². The number of guanidine groups is 1. The molecule has 2 aliphatic rings. The Hall–Kier alpha value is -2.05. The average molecular weight is 321 g/mol. The molecular formula is C16H27N5O2. The highest BCUT2D eigenvalue weighted by Crippen LogP contribution is 2.21. The zero-order chi connectivity index (χ0) is 16.8. The molecule has 0 bridgehead atoms. The highest BCUT2D eigenvalue weighted by molar-refractivity contribution is 6.04. The monoisotopic (exact) mass is 321 g/mol.